The number of benzene rings is 9. The van der Waals surface area contributed by atoms with E-state index in [0.717, 1.165) is 38.2 Å². The summed E-state index contributed by atoms with van der Waals surface area (Å²) in [6.07, 6.45) is 13.2. The second-order valence-corrected chi connectivity index (χ2v) is 29.8. The van der Waals surface area contributed by atoms with Gasteiger partial charge in [0, 0.05) is 78.0 Å². The molecule has 0 saturated heterocycles. The molecule has 0 saturated carbocycles. The molecule has 13 aromatic rings. The van der Waals surface area contributed by atoms with Crippen LogP contribution >= 0.6 is 0 Å². The fourth-order valence-electron chi connectivity index (χ4n) is 14.2. The van der Waals surface area contributed by atoms with Gasteiger partial charge >= 0.3 is 0 Å². The summed E-state index contributed by atoms with van der Waals surface area (Å²) in [5.74, 6) is 4.73. The van der Waals surface area contributed by atoms with Crippen LogP contribution in [0.5, 0.6) is 0 Å². The van der Waals surface area contributed by atoms with Crippen molar-refractivity contribution in [3.05, 3.63) is 310 Å². The van der Waals surface area contributed by atoms with Crippen molar-refractivity contribution >= 4 is 59.8 Å². The number of rotatable bonds is 8. The highest BCUT2D eigenvalue weighted by Gasteiger charge is 2.17. The van der Waals surface area contributed by atoms with E-state index in [4.69, 9.17) is 0 Å². The van der Waals surface area contributed by atoms with Crippen molar-refractivity contribution in [2.45, 2.75) is 190 Å². The van der Waals surface area contributed by atoms with E-state index in [-0.39, 0.29) is 0 Å². The van der Waals surface area contributed by atoms with Gasteiger partial charge in [0.05, 0.1) is 11.2 Å². The monoisotopic (exact) mass is 1350 g/mol. The number of para-hydroxylation sites is 3. The van der Waals surface area contributed by atoms with Gasteiger partial charge < -0.3 is 20.9 Å². The normalized spacial score (nSPS) is 12.7. The van der Waals surface area contributed by atoms with Crippen LogP contribution in [-0.2, 0) is 32.4 Å². The summed E-state index contributed by atoms with van der Waals surface area (Å²) in [6.45, 7) is 41.1. The van der Waals surface area contributed by atoms with E-state index in [9.17, 15) is 0 Å². The highest BCUT2D eigenvalue weighted by molar-refractivity contribution is 5.87. The van der Waals surface area contributed by atoms with Crippen LogP contribution in [0.3, 0.4) is 0 Å². The fourth-order valence-corrected chi connectivity index (χ4v) is 14.2. The zero-order valence-electron chi connectivity index (χ0n) is 64.1. The second-order valence-electron chi connectivity index (χ2n) is 29.8. The average molecular weight is 1360 g/mol. The maximum Gasteiger partial charge on any atom is 0.0704 e. The number of aromatic amines is 1. The molecule has 530 valence electrons. The van der Waals surface area contributed by atoms with Gasteiger partial charge in [0.25, 0.3) is 0 Å². The molecular formula is C95H115N7. The molecule has 0 atom stereocenters. The van der Waals surface area contributed by atoms with Crippen molar-refractivity contribution in [3.8, 4) is 0 Å². The van der Waals surface area contributed by atoms with E-state index in [1.807, 2.05) is 43.1 Å². The summed E-state index contributed by atoms with van der Waals surface area (Å²) in [5.41, 5.74) is 22.7. The highest BCUT2D eigenvalue weighted by Crippen LogP contribution is 2.33. The molecule has 4 N–H and O–H groups in total. The van der Waals surface area contributed by atoms with Crippen LogP contribution in [-0.4, -0.2) is 39.6 Å². The summed E-state index contributed by atoms with van der Waals surface area (Å²) in [7, 11) is 0. The predicted molar refractivity (Wildman–Crippen MR) is 443 cm³/mol. The third-order valence-electron chi connectivity index (χ3n) is 19.7. The maximum absolute atomic E-state index is 4.41. The first-order valence-electron chi connectivity index (χ1n) is 37.8. The first-order valence-corrected chi connectivity index (χ1v) is 37.8. The summed E-state index contributed by atoms with van der Waals surface area (Å²) >= 11 is 0. The van der Waals surface area contributed by atoms with E-state index in [1.165, 1.54) is 124 Å². The first-order chi connectivity index (χ1) is 49.3. The molecule has 0 bridgehead atoms. The van der Waals surface area contributed by atoms with Gasteiger partial charge in [-0.25, -0.2) is 0 Å². The Morgan fingerprint density at radius 3 is 1.43 bits per heavy atom. The van der Waals surface area contributed by atoms with Crippen molar-refractivity contribution in [3.63, 3.8) is 0 Å². The van der Waals surface area contributed by atoms with E-state index < -0.39 is 0 Å². The molecule has 3 aliphatic rings. The number of H-pyrrole nitrogens is 1. The third-order valence-corrected chi connectivity index (χ3v) is 19.7. The van der Waals surface area contributed by atoms with Gasteiger partial charge in [-0.3, -0.25) is 15.0 Å². The molecule has 16 rings (SSSR count). The summed E-state index contributed by atoms with van der Waals surface area (Å²) < 4.78 is 0. The fraction of sp³-hybridized carbons (Fsp3) is 0.337. The van der Waals surface area contributed by atoms with E-state index in [1.54, 1.807) is 22.3 Å². The molecule has 7 heteroatoms. The average Bonchev–Trinajstić information content (AvgIpc) is 1.22. The lowest BCUT2D eigenvalue weighted by molar-refractivity contribution is 0.632. The molecule has 0 amide bonds. The van der Waals surface area contributed by atoms with E-state index in [2.05, 4.69) is 341 Å². The number of nitrogens with zero attached hydrogens (tertiary/aromatic N) is 3. The number of fused-ring (bicyclic) bond motifs is 8. The molecule has 102 heavy (non-hydrogen) atoms. The maximum atomic E-state index is 4.41. The summed E-state index contributed by atoms with van der Waals surface area (Å²) in [6, 6.07) is 72.9. The predicted octanol–water partition coefficient (Wildman–Crippen LogP) is 25.0. The van der Waals surface area contributed by atoms with Crippen LogP contribution in [0.4, 0.5) is 5.69 Å². The minimum atomic E-state index is 0.492. The topological polar surface area (TPSA) is 90.5 Å². The first kappa shape index (κ1) is 76.9. The van der Waals surface area contributed by atoms with Gasteiger partial charge in [-0.2, -0.15) is 0 Å². The summed E-state index contributed by atoms with van der Waals surface area (Å²) in [4.78, 5) is 16.2. The molecule has 0 spiro atoms. The zero-order chi connectivity index (χ0) is 72.7. The van der Waals surface area contributed by atoms with E-state index >= 15 is 0 Å². The molecule has 7 heterocycles. The van der Waals surface area contributed by atoms with Gasteiger partial charge in [-0.1, -0.05) is 293 Å². The Morgan fingerprint density at radius 2 is 0.775 bits per heavy atom. The molecule has 0 unspecified atom stereocenters. The molecular weight excluding hydrogens is 1240 g/mol. The Morgan fingerprint density at radius 1 is 0.304 bits per heavy atom. The third kappa shape index (κ3) is 20.5. The van der Waals surface area contributed by atoms with Crippen molar-refractivity contribution < 1.29 is 0 Å². The minimum absolute atomic E-state index is 0.492. The lowest BCUT2D eigenvalue weighted by Crippen LogP contribution is -2.24. The van der Waals surface area contributed by atoms with Gasteiger partial charge in [-0.15, -0.1) is 0 Å². The Kier molecular flexibility index (Phi) is 28.7. The van der Waals surface area contributed by atoms with Crippen LogP contribution in [0.1, 0.15) is 231 Å². The van der Waals surface area contributed by atoms with Gasteiger partial charge in [-0.05, 0) is 198 Å². The number of nitrogens with one attached hydrogen (secondary N) is 4. The second kappa shape index (κ2) is 38.1. The van der Waals surface area contributed by atoms with Crippen molar-refractivity contribution in [2.75, 3.05) is 25.0 Å². The van der Waals surface area contributed by atoms with Gasteiger partial charge in [0.15, 0.2) is 0 Å². The molecule has 0 aliphatic carbocycles. The zero-order valence-corrected chi connectivity index (χ0v) is 64.1. The Bertz CT molecular complexity index is 4320. The number of hydrogen-bond acceptors (Lipinski definition) is 6. The van der Waals surface area contributed by atoms with Crippen LogP contribution in [0.25, 0.3) is 54.1 Å². The molecule has 7 nitrogen and oxygen atoms in total. The Balaban J connectivity index is 0.000000136. The largest absolute Gasteiger partial charge is 0.384 e. The van der Waals surface area contributed by atoms with Crippen LogP contribution in [0.2, 0.25) is 0 Å². The van der Waals surface area contributed by atoms with Crippen molar-refractivity contribution in [2.24, 2.45) is 0 Å². The molecule has 3 aliphatic heterocycles. The molecule has 0 fully saturated rings. The van der Waals surface area contributed by atoms with Crippen molar-refractivity contribution in [1.29, 1.82) is 0 Å². The molecule has 4 aromatic heterocycles. The van der Waals surface area contributed by atoms with Crippen LogP contribution in [0, 0.1) is 0 Å². The van der Waals surface area contributed by atoms with Gasteiger partial charge in [0.2, 0.25) is 0 Å². The number of hydrogen-bond donors (Lipinski definition) is 4. The molecule has 0 radical (unpaired) electrons. The smallest absolute Gasteiger partial charge is 0.0704 e. The number of aromatic nitrogens is 4. The molecule has 9 aromatic carbocycles. The van der Waals surface area contributed by atoms with Crippen LogP contribution < -0.4 is 16.0 Å². The lowest BCUT2D eigenvalue weighted by Gasteiger charge is -2.21. The number of pyridine rings is 3. The van der Waals surface area contributed by atoms with Crippen molar-refractivity contribution in [1.82, 2.24) is 30.6 Å². The Labute approximate surface area is 611 Å². The standard InChI is InChI=1S/C13H14.2C12H17N.3C12H13N.C11H15N.C11H13N/c1-10(2)12-9-5-7-11-6-3-4-8-13(11)12;1-9(2)11-5-3-4-10-8-13-7-6-12(10)11;1-9(2)11-5-3-4-10-6-7-13-8-12(10)11;1-9(2)12-8-13-7-10-5-3-4-6-11(10)12;1-9(2)10-7-8-13-12-6-4-3-5-11(10)12;1-9(2)12-11-6-4-3-5-10(11)7-8-13-12;2*1-8(2)10-5-3-4-9-6-7-12-11(9)10/h3-10H,1-2H3;2*3-5,9,13H,6-8H2,1-2H3;3*3-9H,1-2H3;3-5,8,12H,6-7H2,1-2H3;3-8,12H,1-2H3. The minimum Gasteiger partial charge on any atom is -0.384 e. The van der Waals surface area contributed by atoms with Gasteiger partial charge in [0.1, 0.15) is 0 Å². The van der Waals surface area contributed by atoms with E-state index in [0.29, 0.717) is 47.3 Å². The van der Waals surface area contributed by atoms with Crippen LogP contribution in [0.15, 0.2) is 237 Å². The highest BCUT2D eigenvalue weighted by atomic mass is 14.9. The summed E-state index contributed by atoms with van der Waals surface area (Å²) in [5, 5.41) is 20.7. The Hall–Kier alpha value is -9.27. The number of anilines is 1. The lowest BCUT2D eigenvalue weighted by atomic mass is 9.90. The SMILES string of the molecule is CC(C)c1cccc2c1CCNC2.CC(C)c1cccc2c1CNCC2.CC(C)c1cccc2c1NCC2.CC(C)c1cccc2cc[nH]c12.CC(C)c1cccc2ccccc12.CC(C)c1ccnc2ccccc12.CC(C)c1cncc2ccccc12.CC(C)c1nccc2ccccc12. The quantitative estimate of drug-likeness (QED) is 0.121.